The Morgan fingerprint density at radius 1 is 1.20 bits per heavy atom. The summed E-state index contributed by atoms with van der Waals surface area (Å²) in [5.41, 5.74) is 7.44. The number of benzene rings is 1. The molecule has 0 bridgehead atoms. The summed E-state index contributed by atoms with van der Waals surface area (Å²) in [7, 11) is 0. The maximum absolute atomic E-state index is 5.95. The Bertz CT molecular complexity index is 315. The van der Waals surface area contributed by atoms with Gasteiger partial charge in [0.1, 0.15) is 0 Å². The zero-order valence-electron chi connectivity index (χ0n) is 8.80. The first-order valence-corrected chi connectivity index (χ1v) is 5.81. The van der Waals surface area contributed by atoms with E-state index in [2.05, 4.69) is 17.4 Å². The van der Waals surface area contributed by atoms with Crippen LogP contribution in [0, 0.1) is 0 Å². The number of piperidine rings is 1. The number of nitrogens with one attached hydrogen (secondary N) is 1. The molecule has 2 rings (SSSR count). The first-order chi connectivity index (χ1) is 7.27. The maximum atomic E-state index is 5.95. The molecule has 82 valence electrons. The number of rotatable bonds is 2. The lowest BCUT2D eigenvalue weighted by atomic mass is 9.73. The van der Waals surface area contributed by atoms with Crippen LogP contribution in [0.4, 0.5) is 0 Å². The molecule has 1 saturated heterocycles. The molecule has 0 saturated carbocycles. The van der Waals surface area contributed by atoms with Crippen LogP contribution in [0.3, 0.4) is 0 Å². The molecule has 0 aliphatic carbocycles. The second kappa shape index (κ2) is 4.52. The maximum Gasteiger partial charge on any atom is 0.0406 e. The molecule has 3 N–H and O–H groups in total. The van der Waals surface area contributed by atoms with E-state index in [1.165, 1.54) is 5.56 Å². The Hall–Kier alpha value is -0.570. The minimum atomic E-state index is 0.163. The highest BCUT2D eigenvalue weighted by Gasteiger charge is 2.32. The fourth-order valence-corrected chi connectivity index (χ4v) is 2.45. The number of hydrogen-bond acceptors (Lipinski definition) is 2. The molecule has 0 unspecified atom stereocenters. The first kappa shape index (κ1) is 10.9. The largest absolute Gasteiger partial charge is 0.330 e. The zero-order valence-corrected chi connectivity index (χ0v) is 9.56. The Morgan fingerprint density at radius 3 is 2.33 bits per heavy atom. The van der Waals surface area contributed by atoms with Gasteiger partial charge in [-0.1, -0.05) is 23.7 Å². The summed E-state index contributed by atoms with van der Waals surface area (Å²) in [6, 6.07) is 8.13. The predicted molar refractivity (Wildman–Crippen MR) is 64.3 cm³/mol. The minimum Gasteiger partial charge on any atom is -0.330 e. The van der Waals surface area contributed by atoms with Crippen molar-refractivity contribution in [2.75, 3.05) is 19.6 Å². The standard InChI is InChI=1S/C12H17ClN2/c13-11-3-1-10(2-4-11)12(9-14)5-7-15-8-6-12/h1-4,15H,5-9,14H2. The second-order valence-electron chi connectivity index (χ2n) is 4.24. The van der Waals surface area contributed by atoms with Gasteiger partial charge in [0.25, 0.3) is 0 Å². The molecule has 2 nitrogen and oxygen atoms in total. The molecule has 1 aromatic carbocycles. The van der Waals surface area contributed by atoms with Gasteiger partial charge in [-0.2, -0.15) is 0 Å². The third-order valence-corrected chi connectivity index (χ3v) is 3.66. The van der Waals surface area contributed by atoms with Crippen molar-refractivity contribution < 1.29 is 0 Å². The lowest BCUT2D eigenvalue weighted by molar-refractivity contribution is 0.315. The van der Waals surface area contributed by atoms with Gasteiger partial charge in [-0.3, -0.25) is 0 Å². The van der Waals surface area contributed by atoms with Gasteiger partial charge in [0.2, 0.25) is 0 Å². The highest BCUT2D eigenvalue weighted by atomic mass is 35.5. The molecule has 0 spiro atoms. The fourth-order valence-electron chi connectivity index (χ4n) is 2.32. The summed E-state index contributed by atoms with van der Waals surface area (Å²) in [5.74, 6) is 0. The molecule has 0 radical (unpaired) electrons. The summed E-state index contributed by atoms with van der Waals surface area (Å²) in [4.78, 5) is 0. The Kier molecular flexibility index (Phi) is 3.29. The minimum absolute atomic E-state index is 0.163. The average Bonchev–Trinajstić information content (AvgIpc) is 2.31. The van der Waals surface area contributed by atoms with E-state index in [1.807, 2.05) is 12.1 Å². The van der Waals surface area contributed by atoms with Crippen molar-refractivity contribution in [2.45, 2.75) is 18.3 Å². The number of halogens is 1. The SMILES string of the molecule is NCC1(c2ccc(Cl)cc2)CCNCC1. The van der Waals surface area contributed by atoms with Gasteiger partial charge in [-0.15, -0.1) is 0 Å². The third-order valence-electron chi connectivity index (χ3n) is 3.41. The molecule has 1 aromatic rings. The molecule has 0 aromatic heterocycles. The van der Waals surface area contributed by atoms with E-state index in [1.54, 1.807) is 0 Å². The predicted octanol–water partition coefficient (Wildman–Crippen LogP) is 1.92. The quantitative estimate of drug-likeness (QED) is 0.806. The van der Waals surface area contributed by atoms with Crippen LogP contribution in [-0.4, -0.2) is 19.6 Å². The Morgan fingerprint density at radius 2 is 1.80 bits per heavy atom. The van der Waals surface area contributed by atoms with Crippen LogP contribution in [0.1, 0.15) is 18.4 Å². The van der Waals surface area contributed by atoms with E-state index < -0.39 is 0 Å². The summed E-state index contributed by atoms with van der Waals surface area (Å²) in [6.07, 6.45) is 2.23. The zero-order chi connectivity index (χ0) is 10.7. The van der Waals surface area contributed by atoms with Crippen molar-refractivity contribution in [1.29, 1.82) is 0 Å². The van der Waals surface area contributed by atoms with Crippen LogP contribution in [0.5, 0.6) is 0 Å². The first-order valence-electron chi connectivity index (χ1n) is 5.44. The van der Waals surface area contributed by atoms with Gasteiger partial charge in [0.05, 0.1) is 0 Å². The van der Waals surface area contributed by atoms with Gasteiger partial charge in [-0.25, -0.2) is 0 Å². The van der Waals surface area contributed by atoms with Crippen molar-refractivity contribution in [3.05, 3.63) is 34.9 Å². The van der Waals surface area contributed by atoms with E-state index in [4.69, 9.17) is 17.3 Å². The highest BCUT2D eigenvalue weighted by Crippen LogP contribution is 2.32. The van der Waals surface area contributed by atoms with E-state index >= 15 is 0 Å². The lowest BCUT2D eigenvalue weighted by Crippen LogP contribution is -2.44. The van der Waals surface area contributed by atoms with Crippen LogP contribution >= 0.6 is 11.6 Å². The molecule has 1 heterocycles. The third kappa shape index (κ3) is 2.17. The molecular formula is C12H17ClN2. The van der Waals surface area contributed by atoms with Gasteiger partial charge in [0.15, 0.2) is 0 Å². The lowest BCUT2D eigenvalue weighted by Gasteiger charge is -2.37. The summed E-state index contributed by atoms with van der Waals surface area (Å²) >= 11 is 5.90. The Labute approximate surface area is 95.8 Å². The van der Waals surface area contributed by atoms with Crippen molar-refractivity contribution >= 4 is 11.6 Å². The summed E-state index contributed by atoms with van der Waals surface area (Å²) in [6.45, 7) is 2.83. The normalized spacial score (nSPS) is 20.1. The van der Waals surface area contributed by atoms with E-state index in [0.29, 0.717) is 0 Å². The van der Waals surface area contributed by atoms with Gasteiger partial charge in [0, 0.05) is 17.0 Å². The van der Waals surface area contributed by atoms with Crippen molar-refractivity contribution in [2.24, 2.45) is 5.73 Å². The molecule has 15 heavy (non-hydrogen) atoms. The van der Waals surface area contributed by atoms with Gasteiger partial charge >= 0.3 is 0 Å². The second-order valence-corrected chi connectivity index (χ2v) is 4.68. The van der Waals surface area contributed by atoms with E-state index in [-0.39, 0.29) is 5.41 Å². The van der Waals surface area contributed by atoms with Gasteiger partial charge < -0.3 is 11.1 Å². The molecule has 1 fully saturated rings. The molecule has 1 aliphatic heterocycles. The monoisotopic (exact) mass is 224 g/mol. The van der Waals surface area contributed by atoms with Crippen LogP contribution in [-0.2, 0) is 5.41 Å². The van der Waals surface area contributed by atoms with Crippen LogP contribution in [0.15, 0.2) is 24.3 Å². The van der Waals surface area contributed by atoms with Crippen molar-refractivity contribution in [3.63, 3.8) is 0 Å². The summed E-state index contributed by atoms with van der Waals surface area (Å²) < 4.78 is 0. The highest BCUT2D eigenvalue weighted by molar-refractivity contribution is 6.30. The van der Waals surface area contributed by atoms with E-state index in [0.717, 1.165) is 37.5 Å². The van der Waals surface area contributed by atoms with Crippen LogP contribution in [0.2, 0.25) is 5.02 Å². The topological polar surface area (TPSA) is 38.0 Å². The van der Waals surface area contributed by atoms with Gasteiger partial charge in [-0.05, 0) is 43.6 Å². The van der Waals surface area contributed by atoms with Crippen molar-refractivity contribution in [1.82, 2.24) is 5.32 Å². The number of nitrogens with two attached hydrogens (primary N) is 1. The summed E-state index contributed by atoms with van der Waals surface area (Å²) in [5, 5.41) is 4.16. The fraction of sp³-hybridized carbons (Fsp3) is 0.500. The molecule has 0 atom stereocenters. The molecular weight excluding hydrogens is 208 g/mol. The Balaban J connectivity index is 2.28. The smallest absolute Gasteiger partial charge is 0.0406 e. The average molecular weight is 225 g/mol. The van der Waals surface area contributed by atoms with Crippen LogP contribution < -0.4 is 11.1 Å². The van der Waals surface area contributed by atoms with Crippen molar-refractivity contribution in [3.8, 4) is 0 Å². The number of hydrogen-bond donors (Lipinski definition) is 2. The molecule has 3 heteroatoms. The molecule has 0 amide bonds. The molecule has 1 aliphatic rings. The van der Waals surface area contributed by atoms with Crippen LogP contribution in [0.25, 0.3) is 0 Å². The van der Waals surface area contributed by atoms with E-state index in [9.17, 15) is 0 Å².